The Bertz CT molecular complexity index is 1050. The summed E-state index contributed by atoms with van der Waals surface area (Å²) in [6, 6.07) is 39.3. The summed E-state index contributed by atoms with van der Waals surface area (Å²) in [6.07, 6.45) is 0. The van der Waals surface area contributed by atoms with Gasteiger partial charge in [-0.15, -0.1) is 0 Å². The van der Waals surface area contributed by atoms with Crippen LogP contribution < -0.4 is 21.2 Å². The SMILES string of the molecule is CC(=C[P+](c1ccccc1)(c1ccccc1)c1ccccc1)Nc1c(C)cccc1C. The van der Waals surface area contributed by atoms with E-state index in [0.29, 0.717) is 0 Å². The van der Waals surface area contributed by atoms with Crippen molar-refractivity contribution >= 4 is 28.9 Å². The first-order valence-electron chi connectivity index (χ1n) is 10.7. The fraction of sp³-hybridized carbons (Fsp3) is 0.103. The Morgan fingerprint density at radius 3 is 1.35 bits per heavy atom. The average Bonchev–Trinajstić information content (AvgIpc) is 2.82. The monoisotopic (exact) mass is 422 g/mol. The molecule has 1 N–H and O–H groups in total. The quantitative estimate of drug-likeness (QED) is 0.347. The van der Waals surface area contributed by atoms with Crippen molar-refractivity contribution in [2.75, 3.05) is 5.32 Å². The van der Waals surface area contributed by atoms with E-state index in [1.54, 1.807) is 0 Å². The molecule has 0 aliphatic carbocycles. The van der Waals surface area contributed by atoms with E-state index in [-0.39, 0.29) is 0 Å². The molecule has 0 aliphatic rings. The molecule has 0 fully saturated rings. The number of allylic oxidation sites excluding steroid dienone is 1. The molecule has 0 bridgehead atoms. The summed E-state index contributed by atoms with van der Waals surface area (Å²) < 4.78 is 0. The third-order valence-electron chi connectivity index (χ3n) is 5.68. The molecule has 0 atom stereocenters. The molecule has 4 aromatic rings. The molecule has 0 aromatic heterocycles. The molecule has 4 rings (SSSR count). The molecule has 0 saturated carbocycles. The minimum Gasteiger partial charge on any atom is -0.356 e. The Kier molecular flexibility index (Phi) is 6.35. The van der Waals surface area contributed by atoms with Crippen LogP contribution in [0.25, 0.3) is 0 Å². The Morgan fingerprint density at radius 2 is 0.968 bits per heavy atom. The van der Waals surface area contributed by atoms with Crippen molar-refractivity contribution < 1.29 is 0 Å². The summed E-state index contributed by atoms with van der Waals surface area (Å²) in [5.74, 6) is 2.48. The van der Waals surface area contributed by atoms with Gasteiger partial charge in [0.25, 0.3) is 0 Å². The molecule has 0 radical (unpaired) electrons. The average molecular weight is 423 g/mol. The van der Waals surface area contributed by atoms with Gasteiger partial charge in [0.15, 0.2) is 0 Å². The predicted octanol–water partition coefficient (Wildman–Crippen LogP) is 6.57. The molecule has 1 nitrogen and oxygen atoms in total. The minimum atomic E-state index is -2.00. The van der Waals surface area contributed by atoms with Gasteiger partial charge in [-0.05, 0) is 68.3 Å². The van der Waals surface area contributed by atoms with Gasteiger partial charge in [0.1, 0.15) is 23.2 Å². The van der Waals surface area contributed by atoms with Crippen LogP contribution in [0, 0.1) is 13.8 Å². The van der Waals surface area contributed by atoms with Crippen LogP contribution in [0.3, 0.4) is 0 Å². The van der Waals surface area contributed by atoms with Crippen LogP contribution in [0.1, 0.15) is 18.1 Å². The van der Waals surface area contributed by atoms with Crippen molar-refractivity contribution in [2.24, 2.45) is 0 Å². The molecule has 154 valence electrons. The zero-order chi connectivity index (χ0) is 21.7. The summed E-state index contributed by atoms with van der Waals surface area (Å²) in [6.45, 7) is 6.52. The summed E-state index contributed by atoms with van der Waals surface area (Å²) in [5, 5.41) is 7.80. The Labute approximate surface area is 186 Å². The van der Waals surface area contributed by atoms with Gasteiger partial charge in [0.2, 0.25) is 0 Å². The molecule has 2 heteroatoms. The van der Waals surface area contributed by atoms with E-state index in [4.69, 9.17) is 0 Å². The van der Waals surface area contributed by atoms with Gasteiger partial charge in [-0.2, -0.15) is 0 Å². The lowest BCUT2D eigenvalue weighted by Gasteiger charge is -2.25. The molecule has 0 aliphatic heterocycles. The fourth-order valence-electron chi connectivity index (χ4n) is 4.19. The highest BCUT2D eigenvalue weighted by molar-refractivity contribution is 7.98. The minimum absolute atomic E-state index is 1.17. The zero-order valence-electron chi connectivity index (χ0n) is 18.4. The summed E-state index contributed by atoms with van der Waals surface area (Å²) in [7, 11) is -2.00. The second-order valence-corrected chi connectivity index (χ2v) is 11.2. The molecule has 31 heavy (non-hydrogen) atoms. The van der Waals surface area contributed by atoms with Crippen LogP contribution in [0.2, 0.25) is 0 Å². The maximum atomic E-state index is 3.73. The van der Waals surface area contributed by atoms with Gasteiger partial charge in [0.05, 0.1) is 5.82 Å². The highest BCUT2D eigenvalue weighted by Crippen LogP contribution is 2.57. The first kappa shape index (κ1) is 21.1. The predicted molar refractivity (Wildman–Crippen MR) is 138 cm³/mol. The van der Waals surface area contributed by atoms with E-state index < -0.39 is 7.26 Å². The van der Waals surface area contributed by atoms with E-state index in [1.165, 1.54) is 38.4 Å². The van der Waals surface area contributed by atoms with Crippen molar-refractivity contribution in [3.05, 3.63) is 132 Å². The van der Waals surface area contributed by atoms with Crippen LogP contribution in [0.4, 0.5) is 5.69 Å². The second kappa shape index (κ2) is 9.33. The highest BCUT2D eigenvalue weighted by Gasteiger charge is 2.43. The number of nitrogens with one attached hydrogen (secondary N) is 1. The number of hydrogen-bond donors (Lipinski definition) is 1. The van der Waals surface area contributed by atoms with Gasteiger partial charge in [-0.3, -0.25) is 0 Å². The van der Waals surface area contributed by atoms with Crippen molar-refractivity contribution in [3.8, 4) is 0 Å². The van der Waals surface area contributed by atoms with Gasteiger partial charge in [-0.25, -0.2) is 0 Å². The van der Waals surface area contributed by atoms with Gasteiger partial charge in [-0.1, -0.05) is 72.8 Å². The van der Waals surface area contributed by atoms with Crippen LogP contribution in [-0.4, -0.2) is 0 Å². The maximum absolute atomic E-state index is 3.73. The van der Waals surface area contributed by atoms with Crippen LogP contribution >= 0.6 is 7.26 Å². The molecular weight excluding hydrogens is 393 g/mol. The number of rotatable bonds is 6. The van der Waals surface area contributed by atoms with E-state index in [2.05, 4.69) is 141 Å². The summed E-state index contributed by atoms with van der Waals surface area (Å²) in [5.41, 5.74) is 4.89. The lowest BCUT2D eigenvalue weighted by molar-refractivity contribution is 1.30. The third-order valence-corrected chi connectivity index (χ3v) is 9.79. The molecule has 0 saturated heterocycles. The summed E-state index contributed by atoms with van der Waals surface area (Å²) in [4.78, 5) is 0. The first-order chi connectivity index (χ1) is 15.1. The van der Waals surface area contributed by atoms with Crippen LogP contribution in [-0.2, 0) is 0 Å². The maximum Gasteiger partial charge on any atom is 0.138 e. The van der Waals surface area contributed by atoms with E-state index in [0.717, 1.165) is 0 Å². The third kappa shape index (κ3) is 4.33. The zero-order valence-corrected chi connectivity index (χ0v) is 19.3. The molecule has 4 aromatic carbocycles. The number of aryl methyl sites for hydroxylation is 2. The molecule has 0 heterocycles. The van der Waals surface area contributed by atoms with Crippen LogP contribution in [0.5, 0.6) is 0 Å². The van der Waals surface area contributed by atoms with Gasteiger partial charge >= 0.3 is 0 Å². The van der Waals surface area contributed by atoms with Crippen LogP contribution in [0.15, 0.2) is 121 Å². The van der Waals surface area contributed by atoms with Crippen molar-refractivity contribution in [1.82, 2.24) is 0 Å². The van der Waals surface area contributed by atoms with E-state index in [1.807, 2.05) is 0 Å². The Balaban J connectivity index is 1.95. The number of hydrogen-bond acceptors (Lipinski definition) is 1. The standard InChI is InChI=1S/C29H29NP/c1-23-14-13-15-24(2)29(23)30-25(3)22-31(26-16-7-4-8-17-26,27-18-9-5-10-19-27)28-20-11-6-12-21-28/h4-22,30H,1-3H3/q+1. The Hall–Kier alpha value is -3.15. The van der Waals surface area contributed by atoms with E-state index in [9.17, 15) is 0 Å². The Morgan fingerprint density at radius 1 is 0.581 bits per heavy atom. The highest BCUT2D eigenvalue weighted by atomic mass is 31.2. The molecular formula is C29H29NP+. The molecule has 0 unspecified atom stereocenters. The second-order valence-electron chi connectivity index (χ2n) is 7.93. The number of para-hydroxylation sites is 1. The largest absolute Gasteiger partial charge is 0.356 e. The number of anilines is 1. The normalized spacial score (nSPS) is 11.9. The first-order valence-corrected chi connectivity index (χ1v) is 12.6. The number of benzene rings is 4. The lowest BCUT2D eigenvalue weighted by Crippen LogP contribution is -2.30. The van der Waals surface area contributed by atoms with E-state index >= 15 is 0 Å². The topological polar surface area (TPSA) is 12.0 Å². The molecule has 0 spiro atoms. The van der Waals surface area contributed by atoms with Gasteiger partial charge in [0, 0.05) is 11.4 Å². The summed E-state index contributed by atoms with van der Waals surface area (Å²) >= 11 is 0. The van der Waals surface area contributed by atoms with Crippen molar-refractivity contribution in [2.45, 2.75) is 20.8 Å². The lowest BCUT2D eigenvalue weighted by atomic mass is 10.1. The van der Waals surface area contributed by atoms with Gasteiger partial charge < -0.3 is 5.32 Å². The smallest absolute Gasteiger partial charge is 0.138 e. The molecule has 0 amide bonds. The van der Waals surface area contributed by atoms with Crippen molar-refractivity contribution in [1.29, 1.82) is 0 Å². The fourth-order valence-corrected chi connectivity index (χ4v) is 8.11. The van der Waals surface area contributed by atoms with Crippen molar-refractivity contribution in [3.63, 3.8) is 0 Å².